The van der Waals surface area contributed by atoms with Gasteiger partial charge in [-0.1, -0.05) is 18.7 Å². The number of nitrogens with zero attached hydrogens (tertiary/aromatic N) is 8. The minimum atomic E-state index is -0.719. The first-order chi connectivity index (χ1) is 34.3. The number of halogens is 1. The van der Waals surface area contributed by atoms with Gasteiger partial charge in [-0.15, -0.1) is 0 Å². The Bertz CT molecular complexity index is 3530. The lowest BCUT2D eigenvalue weighted by atomic mass is 10.1. The number of aromatic nitrogens is 6. The monoisotopic (exact) mass is 954 g/mol. The Labute approximate surface area is 407 Å². The molecule has 6 heterocycles. The second-order valence-electron chi connectivity index (χ2n) is 18.1. The number of aryl methyl sites for hydroxylation is 1. The van der Waals surface area contributed by atoms with E-state index in [0.29, 0.717) is 83.8 Å². The van der Waals surface area contributed by atoms with E-state index in [9.17, 15) is 19.2 Å². The number of fused-ring (bicyclic) bond motifs is 2. The topological polar surface area (TPSA) is 148 Å². The molecule has 15 nitrogen and oxygen atoms in total. The molecule has 4 aromatic carbocycles. The number of carbonyl (C=O) groups is 2. The molecule has 360 valence electrons. The van der Waals surface area contributed by atoms with Crippen molar-refractivity contribution in [1.29, 1.82) is 0 Å². The van der Waals surface area contributed by atoms with Gasteiger partial charge in [-0.25, -0.2) is 14.0 Å². The Morgan fingerprint density at radius 1 is 0.690 bits per heavy atom. The first-order valence-corrected chi connectivity index (χ1v) is 23.5. The van der Waals surface area contributed by atoms with Gasteiger partial charge in [0.05, 0.1) is 64.0 Å². The Balaban J connectivity index is 0.857. The normalized spacial score (nSPS) is 15.9. The largest absolute Gasteiger partial charge is 0.491 e. The van der Waals surface area contributed by atoms with Gasteiger partial charge in [-0.2, -0.15) is 0 Å². The molecule has 0 spiro atoms. The summed E-state index contributed by atoms with van der Waals surface area (Å²) < 4.78 is 40.9. The summed E-state index contributed by atoms with van der Waals surface area (Å²) >= 11 is 0. The van der Waals surface area contributed by atoms with Gasteiger partial charge in [-0.3, -0.25) is 37.8 Å². The molecule has 0 unspecified atom stereocenters. The highest BCUT2D eigenvalue weighted by atomic mass is 19.1. The molecule has 2 fully saturated rings. The minimum absolute atomic E-state index is 0.0968. The molecular weight excluding hydrogens is 904 g/mol. The Kier molecular flexibility index (Phi) is 12.4. The summed E-state index contributed by atoms with van der Waals surface area (Å²) in [6.07, 6.45) is 11.8. The molecular formula is C55H51FN8O7. The number of likely N-dealkylation sites (tertiary alicyclic amines) is 2. The second kappa shape index (κ2) is 19.1. The maximum absolute atomic E-state index is 16.1. The van der Waals surface area contributed by atoms with Crippen LogP contribution in [0.25, 0.3) is 39.5 Å². The molecule has 0 saturated carbocycles. The van der Waals surface area contributed by atoms with E-state index in [-0.39, 0.29) is 58.6 Å². The molecule has 2 aliphatic rings. The van der Waals surface area contributed by atoms with Crippen molar-refractivity contribution < 1.29 is 28.2 Å². The van der Waals surface area contributed by atoms with Crippen LogP contribution in [0.5, 0.6) is 28.7 Å². The van der Waals surface area contributed by atoms with Crippen molar-refractivity contribution in [2.45, 2.75) is 58.7 Å². The summed E-state index contributed by atoms with van der Waals surface area (Å²) in [7, 11) is 0. The zero-order valence-electron chi connectivity index (χ0n) is 39.7. The molecule has 4 aromatic heterocycles. The van der Waals surface area contributed by atoms with Crippen molar-refractivity contribution in [2.75, 3.05) is 26.2 Å². The highest BCUT2D eigenvalue weighted by Gasteiger charge is 2.32. The van der Waals surface area contributed by atoms with Crippen molar-refractivity contribution in [3.05, 3.63) is 178 Å². The highest BCUT2D eigenvalue weighted by molar-refractivity contribution is 5.92. The number of imidazole rings is 2. The van der Waals surface area contributed by atoms with Crippen LogP contribution < -0.4 is 25.6 Å². The summed E-state index contributed by atoms with van der Waals surface area (Å²) in [6.45, 7) is 13.0. The minimum Gasteiger partial charge on any atom is -0.491 e. The van der Waals surface area contributed by atoms with E-state index in [1.165, 1.54) is 28.9 Å². The molecule has 0 N–H and O–H groups in total. The molecule has 2 aliphatic heterocycles. The van der Waals surface area contributed by atoms with Crippen LogP contribution in [0, 0.1) is 19.7 Å². The van der Waals surface area contributed by atoms with Gasteiger partial charge >= 0.3 is 11.4 Å². The lowest BCUT2D eigenvalue weighted by Gasteiger charge is -2.16. The third-order valence-corrected chi connectivity index (χ3v) is 13.2. The smallest absolute Gasteiger partial charge is 0.334 e. The van der Waals surface area contributed by atoms with Crippen LogP contribution in [-0.4, -0.2) is 82.1 Å². The van der Waals surface area contributed by atoms with E-state index in [4.69, 9.17) is 14.2 Å². The number of amides is 2. The summed E-state index contributed by atoms with van der Waals surface area (Å²) in [5, 5.41) is 0. The fourth-order valence-corrected chi connectivity index (χ4v) is 9.60. The predicted octanol–water partition coefficient (Wildman–Crippen LogP) is 9.26. The summed E-state index contributed by atoms with van der Waals surface area (Å²) in [6, 6.07) is 25.6. The van der Waals surface area contributed by atoms with Crippen molar-refractivity contribution in [3.63, 3.8) is 0 Å². The first-order valence-electron chi connectivity index (χ1n) is 23.5. The maximum atomic E-state index is 16.1. The van der Waals surface area contributed by atoms with Crippen LogP contribution >= 0.6 is 0 Å². The van der Waals surface area contributed by atoms with Gasteiger partial charge in [0.2, 0.25) is 11.8 Å². The fourth-order valence-electron chi connectivity index (χ4n) is 9.60. The summed E-state index contributed by atoms with van der Waals surface area (Å²) in [5.74, 6) is 0.858. The third kappa shape index (κ3) is 8.99. The number of benzene rings is 4. The Morgan fingerprint density at radius 3 is 1.90 bits per heavy atom. The molecule has 2 saturated heterocycles. The van der Waals surface area contributed by atoms with Crippen LogP contribution in [0.3, 0.4) is 0 Å². The lowest BCUT2D eigenvalue weighted by molar-refractivity contribution is -0.125. The number of carbonyl (C=O) groups excluding carboxylic acids is 2. The molecule has 8 aromatic rings. The molecule has 71 heavy (non-hydrogen) atoms. The standard InChI is InChI=1S/C55H51FN8O7/c1-6-52(65)59-24-20-40(32-59)64-47-19-23-58-31-49(47)62(55(64)68)39-13-16-51(45(56)28-39)71-44-27-37(26-43(29-44)69-34(2)3)10-17-53(66)60-25-21-41(33-60)63-46-18-22-57-30-48(46)61(54(63)67)38-11-14-42(15-12-38)70-50-9-7-8-35(4)36(50)5/h6-19,22-23,26-31,34,40-41H,1,20-21,24-25,32-33H2,2-5H3/t40-,41-/m1/s1. The molecule has 2 amide bonds. The zero-order chi connectivity index (χ0) is 49.5. The fraction of sp³-hybridized carbons (Fsp3) is 0.236. The van der Waals surface area contributed by atoms with Crippen molar-refractivity contribution >= 4 is 40.0 Å². The average Bonchev–Trinajstić information content (AvgIpc) is 4.16. The average molecular weight is 955 g/mol. The van der Waals surface area contributed by atoms with E-state index >= 15 is 4.39 Å². The van der Waals surface area contributed by atoms with Gasteiger partial charge in [-0.05, 0) is 136 Å². The van der Waals surface area contributed by atoms with Gasteiger partial charge in [0.1, 0.15) is 23.0 Å². The van der Waals surface area contributed by atoms with Gasteiger partial charge in [0.15, 0.2) is 11.6 Å². The van der Waals surface area contributed by atoms with Gasteiger partial charge < -0.3 is 24.0 Å². The van der Waals surface area contributed by atoms with E-state index < -0.39 is 5.82 Å². The predicted molar refractivity (Wildman–Crippen MR) is 269 cm³/mol. The molecule has 10 rings (SSSR count). The number of pyridine rings is 2. The Morgan fingerprint density at radius 2 is 1.28 bits per heavy atom. The number of hydrogen-bond donors (Lipinski definition) is 0. The third-order valence-electron chi connectivity index (χ3n) is 13.2. The van der Waals surface area contributed by atoms with Crippen LogP contribution in [0.4, 0.5) is 4.39 Å². The molecule has 16 heteroatoms. The van der Waals surface area contributed by atoms with E-state index in [0.717, 1.165) is 16.9 Å². The molecule has 0 bridgehead atoms. The molecule has 2 atom stereocenters. The second-order valence-corrected chi connectivity index (χ2v) is 18.1. The summed E-state index contributed by atoms with van der Waals surface area (Å²) in [4.78, 5) is 66.5. The van der Waals surface area contributed by atoms with E-state index in [2.05, 4.69) is 16.5 Å². The number of hydrogen-bond acceptors (Lipinski definition) is 9. The first kappa shape index (κ1) is 46.2. The molecule has 0 radical (unpaired) electrons. The van der Waals surface area contributed by atoms with Crippen molar-refractivity contribution in [3.8, 4) is 40.1 Å². The highest BCUT2D eigenvalue weighted by Crippen LogP contribution is 2.34. The SMILES string of the molecule is C=CC(=O)N1CC[C@@H](n2c(=O)n(-c3ccc(Oc4cc(C=CC(=O)N5CC[C@@H](n6c(=O)n(-c7ccc(Oc8cccc(C)c8C)cc7)c7cnccc76)C5)cc(OC(C)C)c4)c(F)c3)c3cnccc32)C1. The number of rotatable bonds is 13. The van der Waals surface area contributed by atoms with E-state index in [1.54, 1.807) is 84.7 Å². The van der Waals surface area contributed by atoms with Crippen molar-refractivity contribution in [1.82, 2.24) is 38.0 Å². The zero-order valence-corrected chi connectivity index (χ0v) is 39.7. The number of ether oxygens (including phenoxy) is 3. The van der Waals surface area contributed by atoms with Gasteiger partial charge in [0.25, 0.3) is 0 Å². The lowest BCUT2D eigenvalue weighted by Crippen LogP contribution is -2.31. The van der Waals surface area contributed by atoms with Crippen molar-refractivity contribution in [2.24, 2.45) is 0 Å². The quantitative estimate of drug-likeness (QED) is 0.103. The van der Waals surface area contributed by atoms with Crippen LogP contribution in [0.1, 0.15) is 55.5 Å². The summed E-state index contributed by atoms with van der Waals surface area (Å²) in [5.41, 5.74) is 5.54. The van der Waals surface area contributed by atoms with Crippen LogP contribution in [-0.2, 0) is 9.59 Å². The van der Waals surface area contributed by atoms with E-state index in [1.807, 2.05) is 76.2 Å². The van der Waals surface area contributed by atoms with Crippen LogP contribution in [0.2, 0.25) is 0 Å². The van der Waals surface area contributed by atoms with Crippen LogP contribution in [0.15, 0.2) is 144 Å². The Hall–Kier alpha value is -8.53. The molecule has 0 aliphatic carbocycles. The maximum Gasteiger partial charge on any atom is 0.334 e. The van der Waals surface area contributed by atoms with Gasteiger partial charge in [0, 0.05) is 56.8 Å².